The summed E-state index contributed by atoms with van der Waals surface area (Å²) in [5.41, 5.74) is 10.7. The van der Waals surface area contributed by atoms with Gasteiger partial charge < -0.3 is 24.2 Å². The van der Waals surface area contributed by atoms with Crippen molar-refractivity contribution >= 4 is 23.1 Å². The number of aromatic nitrogens is 2. The maximum Gasteiger partial charge on any atom is 2.00 e. The third-order valence-electron chi connectivity index (χ3n) is 8.81. The summed E-state index contributed by atoms with van der Waals surface area (Å²) in [5.74, 6) is 3.77. The molecule has 0 saturated heterocycles. The number of nitrogens with zero attached hydrogens (tertiary/aromatic N) is 2. The molecule has 0 N–H and O–H groups in total. The van der Waals surface area contributed by atoms with E-state index < -0.39 is 0 Å². The summed E-state index contributed by atoms with van der Waals surface area (Å²) >= 11 is 0. The summed E-state index contributed by atoms with van der Waals surface area (Å²) in [5, 5.41) is 0. The molecule has 0 unspecified atom stereocenters. The SMILES string of the molecule is COc1ccnc(-c2[c-]c3c(cc2)Oc2cccc4c2B3c2[c-]c(-c3cc(-c5ccccc5-c5ccccc5)ccn3)ccc2O4)c1.[Pt+2]. The van der Waals surface area contributed by atoms with Gasteiger partial charge in [-0.05, 0) is 64.0 Å². The van der Waals surface area contributed by atoms with Crippen LogP contribution in [0.2, 0.25) is 0 Å². The molecule has 2 aliphatic heterocycles. The molecule has 9 rings (SSSR count). The van der Waals surface area contributed by atoms with E-state index in [-0.39, 0.29) is 27.8 Å². The van der Waals surface area contributed by atoms with Crippen LogP contribution in [0, 0.1) is 12.1 Å². The zero-order chi connectivity index (χ0) is 31.3. The third-order valence-corrected chi connectivity index (χ3v) is 8.81. The fourth-order valence-electron chi connectivity index (χ4n) is 6.59. The van der Waals surface area contributed by atoms with Gasteiger partial charge in [-0.25, -0.2) is 0 Å². The largest absolute Gasteiger partial charge is 2.00 e. The molecule has 7 aromatic rings. The van der Waals surface area contributed by atoms with Crippen molar-refractivity contribution in [2.75, 3.05) is 7.11 Å². The van der Waals surface area contributed by atoms with Crippen LogP contribution in [0.1, 0.15) is 0 Å². The van der Waals surface area contributed by atoms with Crippen molar-refractivity contribution in [3.63, 3.8) is 0 Å². The Morgan fingerprint density at radius 2 is 1.15 bits per heavy atom. The van der Waals surface area contributed by atoms with Gasteiger partial charge in [-0.1, -0.05) is 66.7 Å². The quantitative estimate of drug-likeness (QED) is 0.134. The first-order chi connectivity index (χ1) is 23.2. The van der Waals surface area contributed by atoms with Crippen molar-refractivity contribution in [3.8, 4) is 73.5 Å². The summed E-state index contributed by atoms with van der Waals surface area (Å²) in [6, 6.07) is 48.2. The summed E-state index contributed by atoms with van der Waals surface area (Å²) in [6.07, 6.45) is 3.61. The molecule has 0 spiro atoms. The fraction of sp³-hybridized carbons (Fsp3) is 0.0244. The Morgan fingerprint density at radius 1 is 0.562 bits per heavy atom. The minimum atomic E-state index is -0.207. The zero-order valence-corrected chi connectivity index (χ0v) is 28.0. The predicted molar refractivity (Wildman–Crippen MR) is 186 cm³/mol. The minimum Gasteiger partial charge on any atom is -0.503 e. The van der Waals surface area contributed by atoms with Crippen LogP contribution in [0.3, 0.4) is 0 Å². The predicted octanol–water partition coefficient (Wildman–Crippen LogP) is 7.48. The van der Waals surface area contributed by atoms with Crippen molar-refractivity contribution < 1.29 is 35.3 Å². The van der Waals surface area contributed by atoms with Gasteiger partial charge >= 0.3 is 21.1 Å². The second kappa shape index (κ2) is 12.3. The van der Waals surface area contributed by atoms with E-state index in [2.05, 4.69) is 77.8 Å². The van der Waals surface area contributed by atoms with E-state index in [1.807, 2.05) is 66.9 Å². The zero-order valence-electron chi connectivity index (χ0n) is 25.7. The standard InChI is InChI=1S/C41H25BN2O3.Pt/c1-45-30-19-21-44-36(25-30)29-15-17-38-34(23-29)42-33-22-28(14-16-37(33)46-39-12-7-13-40(47-38)41(39)42)35-24-27(18-20-43-35)32-11-6-5-10-31(32)26-8-3-2-4-9-26;/h2-21,24-25H,1H3;/q-2;+2. The molecular weight excluding hydrogens is 774 g/mol. The van der Waals surface area contributed by atoms with Gasteiger partial charge in [-0.2, -0.15) is 0 Å². The van der Waals surface area contributed by atoms with Crippen molar-refractivity contribution in [2.45, 2.75) is 0 Å². The topological polar surface area (TPSA) is 53.5 Å². The molecule has 230 valence electrons. The monoisotopic (exact) mass is 799 g/mol. The number of ether oxygens (including phenoxy) is 3. The van der Waals surface area contributed by atoms with Gasteiger partial charge in [0.15, 0.2) is 0 Å². The Morgan fingerprint density at radius 3 is 1.79 bits per heavy atom. The molecule has 7 heteroatoms. The first kappa shape index (κ1) is 29.9. The number of benzene rings is 5. The average molecular weight is 800 g/mol. The Kier molecular flexibility index (Phi) is 7.66. The molecule has 4 heterocycles. The summed E-state index contributed by atoms with van der Waals surface area (Å²) < 4.78 is 18.3. The molecule has 0 saturated carbocycles. The smallest absolute Gasteiger partial charge is 0.503 e. The molecule has 0 fully saturated rings. The van der Waals surface area contributed by atoms with Gasteiger partial charge in [0.2, 0.25) is 6.71 Å². The molecule has 0 bridgehead atoms. The van der Waals surface area contributed by atoms with E-state index in [1.165, 1.54) is 11.1 Å². The molecule has 0 atom stereocenters. The average Bonchev–Trinajstić information content (AvgIpc) is 3.15. The Balaban J connectivity index is 0.00000336. The van der Waals surface area contributed by atoms with Crippen LogP contribution in [-0.2, 0) is 21.1 Å². The van der Waals surface area contributed by atoms with E-state index in [0.717, 1.165) is 78.8 Å². The van der Waals surface area contributed by atoms with Crippen LogP contribution in [0.25, 0.3) is 44.8 Å². The Bertz CT molecular complexity index is 2310. The van der Waals surface area contributed by atoms with Gasteiger partial charge in [0, 0.05) is 29.4 Å². The first-order valence-corrected chi connectivity index (χ1v) is 15.5. The van der Waals surface area contributed by atoms with Crippen LogP contribution in [0.15, 0.2) is 134 Å². The van der Waals surface area contributed by atoms with Crippen molar-refractivity contribution in [1.82, 2.24) is 9.97 Å². The molecule has 0 radical (unpaired) electrons. The number of hydrogen-bond acceptors (Lipinski definition) is 5. The second-order valence-corrected chi connectivity index (χ2v) is 11.5. The molecule has 48 heavy (non-hydrogen) atoms. The third kappa shape index (κ3) is 5.10. The summed E-state index contributed by atoms with van der Waals surface area (Å²) in [7, 11) is 1.65. The van der Waals surface area contributed by atoms with Crippen LogP contribution < -0.4 is 30.6 Å². The van der Waals surface area contributed by atoms with Crippen molar-refractivity contribution in [2.24, 2.45) is 0 Å². The van der Waals surface area contributed by atoms with E-state index >= 15 is 0 Å². The van der Waals surface area contributed by atoms with Crippen LogP contribution >= 0.6 is 0 Å². The van der Waals surface area contributed by atoms with E-state index in [0.29, 0.717) is 0 Å². The van der Waals surface area contributed by atoms with Crippen LogP contribution in [0.4, 0.5) is 0 Å². The number of pyridine rings is 2. The number of rotatable bonds is 5. The molecule has 0 amide bonds. The summed E-state index contributed by atoms with van der Waals surface area (Å²) in [6.45, 7) is -0.207. The second-order valence-electron chi connectivity index (χ2n) is 11.5. The van der Waals surface area contributed by atoms with Gasteiger partial charge in [0.1, 0.15) is 17.2 Å². The molecule has 0 aliphatic carbocycles. The fourth-order valence-corrected chi connectivity index (χ4v) is 6.59. The van der Waals surface area contributed by atoms with E-state index in [1.54, 1.807) is 13.3 Å². The molecule has 5 aromatic carbocycles. The van der Waals surface area contributed by atoms with Gasteiger partial charge in [0.25, 0.3) is 0 Å². The number of methoxy groups -OCH3 is 1. The van der Waals surface area contributed by atoms with Crippen molar-refractivity contribution in [3.05, 3.63) is 146 Å². The normalized spacial score (nSPS) is 12.0. The molecular formula is C41H25BN2O3Pt. The Hall–Kier alpha value is -5.45. The summed E-state index contributed by atoms with van der Waals surface area (Å²) in [4.78, 5) is 9.40. The molecule has 2 aromatic heterocycles. The molecule has 5 nitrogen and oxygen atoms in total. The first-order valence-electron chi connectivity index (χ1n) is 15.5. The number of fused-ring (bicyclic) bond motifs is 4. The number of hydrogen-bond donors (Lipinski definition) is 0. The van der Waals surface area contributed by atoms with Gasteiger partial charge in [-0.15, -0.1) is 58.5 Å². The van der Waals surface area contributed by atoms with Gasteiger partial charge in [0.05, 0.1) is 7.11 Å². The van der Waals surface area contributed by atoms with E-state index in [4.69, 9.17) is 19.2 Å². The van der Waals surface area contributed by atoms with Crippen LogP contribution in [0.5, 0.6) is 28.7 Å². The van der Waals surface area contributed by atoms with E-state index in [9.17, 15) is 0 Å². The van der Waals surface area contributed by atoms with Gasteiger partial charge in [-0.3, -0.25) is 0 Å². The Labute approximate surface area is 293 Å². The maximum atomic E-state index is 6.46. The van der Waals surface area contributed by atoms with Crippen LogP contribution in [-0.4, -0.2) is 23.8 Å². The molecule has 2 aliphatic rings. The maximum absolute atomic E-state index is 6.46. The van der Waals surface area contributed by atoms with Crippen molar-refractivity contribution in [1.29, 1.82) is 0 Å². The minimum absolute atomic E-state index is 0.